The SMILES string of the molecule is CC.CC(=O)c1cccc(O)c1N. The van der Waals surface area contributed by atoms with Gasteiger partial charge in [-0.3, -0.25) is 4.79 Å². The summed E-state index contributed by atoms with van der Waals surface area (Å²) in [6, 6.07) is 4.61. The van der Waals surface area contributed by atoms with Gasteiger partial charge in [-0.2, -0.15) is 0 Å². The Kier molecular flexibility index (Phi) is 4.59. The van der Waals surface area contributed by atoms with E-state index in [-0.39, 0.29) is 17.2 Å². The Morgan fingerprint density at radius 3 is 2.31 bits per heavy atom. The van der Waals surface area contributed by atoms with Crippen molar-refractivity contribution in [3.05, 3.63) is 23.8 Å². The molecule has 0 heterocycles. The van der Waals surface area contributed by atoms with E-state index in [2.05, 4.69) is 0 Å². The molecule has 0 amide bonds. The van der Waals surface area contributed by atoms with Crippen molar-refractivity contribution in [3.8, 4) is 5.75 Å². The molecular formula is C10H15NO2. The predicted octanol–water partition coefficient (Wildman–Crippen LogP) is 2.20. The van der Waals surface area contributed by atoms with Crippen molar-refractivity contribution < 1.29 is 9.90 Å². The second-order valence-electron chi connectivity index (χ2n) is 2.29. The highest BCUT2D eigenvalue weighted by molar-refractivity contribution is 6.00. The molecule has 3 N–H and O–H groups in total. The summed E-state index contributed by atoms with van der Waals surface area (Å²) in [7, 11) is 0. The Morgan fingerprint density at radius 1 is 1.38 bits per heavy atom. The molecule has 0 fully saturated rings. The molecule has 0 aliphatic carbocycles. The number of rotatable bonds is 1. The third-order valence-electron chi connectivity index (χ3n) is 1.46. The normalized spacial score (nSPS) is 8.54. The lowest BCUT2D eigenvalue weighted by molar-refractivity contribution is 0.101. The maximum absolute atomic E-state index is 10.8. The maximum atomic E-state index is 10.8. The van der Waals surface area contributed by atoms with Gasteiger partial charge in [-0.15, -0.1) is 0 Å². The van der Waals surface area contributed by atoms with E-state index < -0.39 is 0 Å². The second kappa shape index (κ2) is 5.19. The molecule has 0 atom stereocenters. The first-order chi connectivity index (χ1) is 6.13. The molecule has 1 rings (SSSR count). The van der Waals surface area contributed by atoms with Crippen LogP contribution in [0.1, 0.15) is 31.1 Å². The first-order valence-electron chi connectivity index (χ1n) is 4.21. The minimum Gasteiger partial charge on any atom is -0.506 e. The summed E-state index contributed by atoms with van der Waals surface area (Å²) in [6.07, 6.45) is 0. The van der Waals surface area contributed by atoms with Crippen LogP contribution in [0.25, 0.3) is 0 Å². The number of phenols is 1. The van der Waals surface area contributed by atoms with Crippen LogP contribution in [0, 0.1) is 0 Å². The lowest BCUT2D eigenvalue weighted by Gasteiger charge is -2.01. The van der Waals surface area contributed by atoms with E-state index in [1.54, 1.807) is 12.1 Å². The number of carbonyl (C=O) groups excluding carboxylic acids is 1. The number of benzene rings is 1. The molecule has 1 aromatic rings. The Hall–Kier alpha value is -1.51. The summed E-state index contributed by atoms with van der Waals surface area (Å²) in [6.45, 7) is 5.41. The van der Waals surface area contributed by atoms with Crippen molar-refractivity contribution in [2.75, 3.05) is 5.73 Å². The van der Waals surface area contributed by atoms with E-state index in [9.17, 15) is 4.79 Å². The smallest absolute Gasteiger partial charge is 0.162 e. The molecule has 0 aliphatic rings. The van der Waals surface area contributed by atoms with Crippen LogP contribution in [0.5, 0.6) is 5.75 Å². The van der Waals surface area contributed by atoms with Crippen LogP contribution in [-0.2, 0) is 0 Å². The van der Waals surface area contributed by atoms with Gasteiger partial charge in [-0.25, -0.2) is 0 Å². The molecule has 0 saturated heterocycles. The Labute approximate surface area is 78.2 Å². The predicted molar refractivity (Wildman–Crippen MR) is 53.9 cm³/mol. The first kappa shape index (κ1) is 11.5. The van der Waals surface area contributed by atoms with Crippen molar-refractivity contribution in [2.45, 2.75) is 20.8 Å². The van der Waals surface area contributed by atoms with Gasteiger partial charge in [0.25, 0.3) is 0 Å². The van der Waals surface area contributed by atoms with E-state index in [0.29, 0.717) is 5.56 Å². The monoisotopic (exact) mass is 181 g/mol. The fourth-order valence-corrected chi connectivity index (χ4v) is 0.860. The van der Waals surface area contributed by atoms with Gasteiger partial charge in [0.05, 0.1) is 5.69 Å². The molecule has 0 spiro atoms. The maximum Gasteiger partial charge on any atom is 0.162 e. The minimum absolute atomic E-state index is 0.0438. The molecule has 72 valence electrons. The van der Waals surface area contributed by atoms with Crippen LogP contribution in [0.15, 0.2) is 18.2 Å². The van der Waals surface area contributed by atoms with Crippen LogP contribution in [0.3, 0.4) is 0 Å². The molecule has 0 unspecified atom stereocenters. The third-order valence-corrected chi connectivity index (χ3v) is 1.46. The third kappa shape index (κ3) is 2.78. The van der Waals surface area contributed by atoms with Crippen molar-refractivity contribution in [2.24, 2.45) is 0 Å². The Morgan fingerprint density at radius 2 is 1.92 bits per heavy atom. The lowest BCUT2D eigenvalue weighted by Crippen LogP contribution is -1.98. The van der Waals surface area contributed by atoms with Crippen molar-refractivity contribution in [3.63, 3.8) is 0 Å². The number of nitrogen functional groups attached to an aromatic ring is 1. The van der Waals surface area contributed by atoms with E-state index >= 15 is 0 Å². The topological polar surface area (TPSA) is 63.3 Å². The summed E-state index contributed by atoms with van der Waals surface area (Å²) < 4.78 is 0. The molecule has 3 nitrogen and oxygen atoms in total. The summed E-state index contributed by atoms with van der Waals surface area (Å²) in [5.74, 6) is -0.184. The second-order valence-corrected chi connectivity index (χ2v) is 2.29. The summed E-state index contributed by atoms with van der Waals surface area (Å²) >= 11 is 0. The van der Waals surface area contributed by atoms with Crippen LogP contribution in [0.4, 0.5) is 5.69 Å². The highest BCUT2D eigenvalue weighted by atomic mass is 16.3. The van der Waals surface area contributed by atoms with Crippen LogP contribution in [0.2, 0.25) is 0 Å². The lowest BCUT2D eigenvalue weighted by atomic mass is 10.1. The number of carbonyl (C=O) groups is 1. The summed E-state index contributed by atoms with van der Waals surface area (Å²) in [4.78, 5) is 10.8. The molecule has 0 radical (unpaired) electrons. The highest BCUT2D eigenvalue weighted by Crippen LogP contribution is 2.23. The average molecular weight is 181 g/mol. The van der Waals surface area contributed by atoms with E-state index in [1.807, 2.05) is 13.8 Å². The number of ketones is 1. The van der Waals surface area contributed by atoms with Crippen LogP contribution >= 0.6 is 0 Å². The Bertz CT molecular complexity index is 295. The standard InChI is InChI=1S/C8H9NO2.C2H6/c1-5(10)6-3-2-4-7(11)8(6)9;1-2/h2-4,11H,9H2,1H3;1-2H3. The molecule has 13 heavy (non-hydrogen) atoms. The number of nitrogens with two attached hydrogens (primary N) is 1. The van der Waals surface area contributed by atoms with Gasteiger partial charge in [0.15, 0.2) is 5.78 Å². The van der Waals surface area contributed by atoms with Crippen molar-refractivity contribution in [1.29, 1.82) is 0 Å². The molecule has 0 aliphatic heterocycles. The molecule has 0 bridgehead atoms. The van der Waals surface area contributed by atoms with Gasteiger partial charge >= 0.3 is 0 Å². The number of para-hydroxylation sites is 1. The first-order valence-corrected chi connectivity index (χ1v) is 4.21. The summed E-state index contributed by atoms with van der Waals surface area (Å²) in [5.41, 5.74) is 5.93. The summed E-state index contributed by atoms with van der Waals surface area (Å²) in [5, 5.41) is 9.07. The highest BCUT2D eigenvalue weighted by Gasteiger charge is 2.06. The van der Waals surface area contributed by atoms with E-state index in [1.165, 1.54) is 13.0 Å². The van der Waals surface area contributed by atoms with E-state index in [0.717, 1.165) is 0 Å². The van der Waals surface area contributed by atoms with Gasteiger partial charge in [0.1, 0.15) is 5.75 Å². The average Bonchev–Trinajstić information content (AvgIpc) is 2.13. The molecular weight excluding hydrogens is 166 g/mol. The molecule has 0 saturated carbocycles. The van der Waals surface area contributed by atoms with Gasteiger partial charge in [-0.1, -0.05) is 19.9 Å². The molecule has 3 heteroatoms. The fraction of sp³-hybridized carbons (Fsp3) is 0.300. The largest absolute Gasteiger partial charge is 0.506 e. The number of anilines is 1. The number of Topliss-reactive ketones (excluding diaryl/α,β-unsaturated/α-hetero) is 1. The van der Waals surface area contributed by atoms with Gasteiger partial charge in [-0.05, 0) is 19.1 Å². The quantitative estimate of drug-likeness (QED) is 0.396. The van der Waals surface area contributed by atoms with Crippen molar-refractivity contribution >= 4 is 11.5 Å². The fourth-order valence-electron chi connectivity index (χ4n) is 0.860. The van der Waals surface area contributed by atoms with Gasteiger partial charge in [0.2, 0.25) is 0 Å². The van der Waals surface area contributed by atoms with Crippen LogP contribution in [-0.4, -0.2) is 10.9 Å². The minimum atomic E-state index is -0.140. The number of phenolic OH excluding ortho intramolecular Hbond substituents is 1. The number of hydrogen-bond donors (Lipinski definition) is 2. The van der Waals surface area contributed by atoms with Gasteiger partial charge < -0.3 is 10.8 Å². The zero-order valence-electron chi connectivity index (χ0n) is 8.16. The molecule has 0 aromatic heterocycles. The van der Waals surface area contributed by atoms with Crippen molar-refractivity contribution in [1.82, 2.24) is 0 Å². The number of aromatic hydroxyl groups is 1. The zero-order chi connectivity index (χ0) is 10.4. The Balaban J connectivity index is 0.000000671. The van der Waals surface area contributed by atoms with Crippen LogP contribution < -0.4 is 5.73 Å². The molecule has 1 aromatic carbocycles. The van der Waals surface area contributed by atoms with E-state index in [4.69, 9.17) is 10.8 Å². The zero-order valence-corrected chi connectivity index (χ0v) is 8.16. The number of hydrogen-bond acceptors (Lipinski definition) is 3. The van der Waals surface area contributed by atoms with Gasteiger partial charge in [0, 0.05) is 5.56 Å².